The molecule has 1 heterocycles. The Labute approximate surface area is 110 Å². The van der Waals surface area contributed by atoms with Crippen molar-refractivity contribution in [2.75, 3.05) is 11.1 Å². The molecule has 0 unspecified atom stereocenters. The van der Waals surface area contributed by atoms with Crippen molar-refractivity contribution in [3.8, 4) is 0 Å². The van der Waals surface area contributed by atoms with Crippen LogP contribution in [0.15, 0.2) is 36.5 Å². The molecule has 0 fully saturated rings. The Morgan fingerprint density at radius 3 is 2.61 bits per heavy atom. The van der Waals surface area contributed by atoms with Gasteiger partial charge in [-0.3, -0.25) is 9.78 Å². The van der Waals surface area contributed by atoms with Crippen LogP contribution in [-0.4, -0.2) is 10.9 Å². The van der Waals surface area contributed by atoms with E-state index in [0.29, 0.717) is 22.0 Å². The fourth-order valence-corrected chi connectivity index (χ4v) is 1.63. The van der Waals surface area contributed by atoms with Crippen LogP contribution in [0.5, 0.6) is 0 Å². The minimum absolute atomic E-state index is 0.290. The number of hydrogen-bond acceptors (Lipinski definition) is 3. The zero-order chi connectivity index (χ0) is 13.1. The van der Waals surface area contributed by atoms with Gasteiger partial charge in [-0.1, -0.05) is 11.6 Å². The molecule has 0 bridgehead atoms. The number of pyridine rings is 1. The Balaban J connectivity index is 2.19. The van der Waals surface area contributed by atoms with Gasteiger partial charge in [0.25, 0.3) is 5.91 Å². The quantitative estimate of drug-likeness (QED) is 0.873. The monoisotopic (exact) mass is 261 g/mol. The first-order valence-electron chi connectivity index (χ1n) is 5.35. The van der Waals surface area contributed by atoms with Gasteiger partial charge in [0, 0.05) is 28.3 Å². The highest BCUT2D eigenvalue weighted by molar-refractivity contribution is 6.30. The molecule has 0 atom stereocenters. The smallest absolute Gasteiger partial charge is 0.259 e. The molecule has 0 aliphatic carbocycles. The van der Waals surface area contributed by atoms with Crippen molar-refractivity contribution in [1.82, 2.24) is 4.98 Å². The maximum absolute atomic E-state index is 12.0. The largest absolute Gasteiger partial charge is 0.398 e. The molecule has 0 spiro atoms. The van der Waals surface area contributed by atoms with Crippen molar-refractivity contribution in [2.24, 2.45) is 0 Å². The van der Waals surface area contributed by atoms with E-state index < -0.39 is 0 Å². The molecule has 1 amide bonds. The Bertz CT molecular complexity index is 581. The van der Waals surface area contributed by atoms with Crippen LogP contribution < -0.4 is 11.1 Å². The first-order chi connectivity index (χ1) is 8.56. The van der Waals surface area contributed by atoms with Crippen molar-refractivity contribution < 1.29 is 4.79 Å². The topological polar surface area (TPSA) is 68.0 Å². The number of amides is 1. The molecular formula is C13H12ClN3O. The molecule has 0 radical (unpaired) electrons. The highest BCUT2D eigenvalue weighted by Crippen LogP contribution is 2.16. The van der Waals surface area contributed by atoms with Crippen molar-refractivity contribution >= 4 is 28.9 Å². The van der Waals surface area contributed by atoms with Gasteiger partial charge in [0.15, 0.2) is 0 Å². The number of hydrogen-bond donors (Lipinski definition) is 2. The molecular weight excluding hydrogens is 250 g/mol. The molecule has 18 heavy (non-hydrogen) atoms. The average molecular weight is 262 g/mol. The van der Waals surface area contributed by atoms with Gasteiger partial charge in [-0.15, -0.1) is 0 Å². The van der Waals surface area contributed by atoms with Crippen LogP contribution in [0.2, 0.25) is 5.02 Å². The molecule has 3 N–H and O–H groups in total. The van der Waals surface area contributed by atoms with Crippen LogP contribution in [0.25, 0.3) is 0 Å². The standard InChI is InChI=1S/C13H12ClN3O/c1-8-6-12(15)11(7-16-8)13(18)17-10-4-2-9(14)3-5-10/h2-7H,1H3,(H2,15,16)(H,17,18). The Morgan fingerprint density at radius 2 is 2.00 bits per heavy atom. The predicted molar refractivity (Wildman–Crippen MR) is 72.8 cm³/mol. The molecule has 2 aromatic rings. The molecule has 4 nitrogen and oxygen atoms in total. The van der Waals surface area contributed by atoms with Crippen molar-refractivity contribution in [3.63, 3.8) is 0 Å². The number of halogens is 1. The van der Waals surface area contributed by atoms with Crippen LogP contribution >= 0.6 is 11.6 Å². The summed E-state index contributed by atoms with van der Waals surface area (Å²) in [5.41, 5.74) is 7.98. The van der Waals surface area contributed by atoms with Crippen LogP contribution in [0, 0.1) is 6.92 Å². The Kier molecular flexibility index (Phi) is 3.48. The summed E-state index contributed by atoms with van der Waals surface area (Å²) < 4.78 is 0. The van der Waals surface area contributed by atoms with Gasteiger partial charge < -0.3 is 11.1 Å². The SMILES string of the molecule is Cc1cc(N)c(C(=O)Nc2ccc(Cl)cc2)cn1. The van der Waals surface area contributed by atoms with E-state index in [1.54, 1.807) is 30.3 Å². The predicted octanol–water partition coefficient (Wildman–Crippen LogP) is 2.88. The number of benzene rings is 1. The number of anilines is 2. The van der Waals surface area contributed by atoms with Gasteiger partial charge in [-0.2, -0.15) is 0 Å². The van der Waals surface area contributed by atoms with E-state index in [-0.39, 0.29) is 5.91 Å². The highest BCUT2D eigenvalue weighted by Gasteiger charge is 2.10. The van der Waals surface area contributed by atoms with E-state index >= 15 is 0 Å². The molecule has 1 aromatic heterocycles. The number of aromatic nitrogens is 1. The number of carbonyl (C=O) groups excluding carboxylic acids is 1. The Morgan fingerprint density at radius 1 is 1.33 bits per heavy atom. The van der Waals surface area contributed by atoms with Crippen LogP contribution in [0.4, 0.5) is 11.4 Å². The first-order valence-corrected chi connectivity index (χ1v) is 5.73. The van der Waals surface area contributed by atoms with Gasteiger partial charge in [0.1, 0.15) is 0 Å². The van der Waals surface area contributed by atoms with Gasteiger partial charge in [0.05, 0.1) is 5.56 Å². The van der Waals surface area contributed by atoms with Gasteiger partial charge in [0.2, 0.25) is 0 Å². The molecule has 2 rings (SSSR count). The maximum Gasteiger partial charge on any atom is 0.259 e. The number of aryl methyl sites for hydroxylation is 1. The molecule has 0 aliphatic heterocycles. The highest BCUT2D eigenvalue weighted by atomic mass is 35.5. The fourth-order valence-electron chi connectivity index (χ4n) is 1.50. The van der Waals surface area contributed by atoms with E-state index in [2.05, 4.69) is 10.3 Å². The number of nitrogens with zero attached hydrogens (tertiary/aromatic N) is 1. The van der Waals surface area contributed by atoms with Crippen LogP contribution in [0.1, 0.15) is 16.1 Å². The van der Waals surface area contributed by atoms with E-state index in [4.69, 9.17) is 17.3 Å². The van der Waals surface area contributed by atoms with Gasteiger partial charge in [-0.25, -0.2) is 0 Å². The van der Waals surface area contributed by atoms with Crippen molar-refractivity contribution in [2.45, 2.75) is 6.92 Å². The molecule has 0 saturated heterocycles. The number of rotatable bonds is 2. The zero-order valence-corrected chi connectivity index (χ0v) is 10.5. The lowest BCUT2D eigenvalue weighted by molar-refractivity contribution is 0.102. The summed E-state index contributed by atoms with van der Waals surface area (Å²) in [5, 5.41) is 3.34. The summed E-state index contributed by atoms with van der Waals surface area (Å²) >= 11 is 5.77. The number of nitrogens with two attached hydrogens (primary N) is 1. The minimum atomic E-state index is -0.290. The second-order valence-electron chi connectivity index (χ2n) is 3.87. The third-order valence-electron chi connectivity index (χ3n) is 2.42. The second-order valence-corrected chi connectivity index (χ2v) is 4.31. The van der Waals surface area contributed by atoms with Crippen molar-refractivity contribution in [3.05, 3.63) is 52.8 Å². The lowest BCUT2D eigenvalue weighted by Gasteiger charge is -2.07. The molecule has 0 aliphatic rings. The third kappa shape index (κ3) is 2.78. The average Bonchev–Trinajstić information content (AvgIpc) is 2.32. The normalized spacial score (nSPS) is 10.1. The van der Waals surface area contributed by atoms with E-state index in [1.165, 1.54) is 6.20 Å². The molecule has 92 valence electrons. The maximum atomic E-state index is 12.0. The lowest BCUT2D eigenvalue weighted by Crippen LogP contribution is -2.14. The number of nitrogens with one attached hydrogen (secondary N) is 1. The minimum Gasteiger partial charge on any atom is -0.398 e. The summed E-state index contributed by atoms with van der Waals surface area (Å²) in [5.74, 6) is -0.290. The Hall–Kier alpha value is -2.07. The van der Waals surface area contributed by atoms with Crippen molar-refractivity contribution in [1.29, 1.82) is 0 Å². The first kappa shape index (κ1) is 12.4. The van der Waals surface area contributed by atoms with E-state index in [1.807, 2.05) is 6.92 Å². The van der Waals surface area contributed by atoms with E-state index in [9.17, 15) is 4.79 Å². The molecule has 5 heteroatoms. The van der Waals surface area contributed by atoms with Crippen LogP contribution in [-0.2, 0) is 0 Å². The fraction of sp³-hybridized carbons (Fsp3) is 0.0769. The number of nitrogen functional groups attached to an aromatic ring is 1. The summed E-state index contributed by atoms with van der Waals surface area (Å²) in [6.07, 6.45) is 1.47. The van der Waals surface area contributed by atoms with Crippen LogP contribution in [0.3, 0.4) is 0 Å². The van der Waals surface area contributed by atoms with Gasteiger partial charge >= 0.3 is 0 Å². The molecule has 1 aromatic carbocycles. The second kappa shape index (κ2) is 5.06. The summed E-state index contributed by atoms with van der Waals surface area (Å²) in [4.78, 5) is 16.0. The summed E-state index contributed by atoms with van der Waals surface area (Å²) in [6, 6.07) is 8.51. The van der Waals surface area contributed by atoms with E-state index in [0.717, 1.165) is 5.69 Å². The lowest BCUT2D eigenvalue weighted by atomic mass is 10.2. The molecule has 0 saturated carbocycles. The summed E-state index contributed by atoms with van der Waals surface area (Å²) in [7, 11) is 0. The number of carbonyl (C=O) groups is 1. The summed E-state index contributed by atoms with van der Waals surface area (Å²) in [6.45, 7) is 1.82. The van der Waals surface area contributed by atoms with Gasteiger partial charge in [-0.05, 0) is 37.3 Å². The third-order valence-corrected chi connectivity index (χ3v) is 2.67. The zero-order valence-electron chi connectivity index (χ0n) is 9.77.